The Balaban J connectivity index is 1.82. The van der Waals surface area contributed by atoms with E-state index >= 15 is 0 Å². The third-order valence-corrected chi connectivity index (χ3v) is 4.34. The first-order valence-electron chi connectivity index (χ1n) is 8.47. The number of hydrogen-bond donors (Lipinski definition) is 2. The van der Waals surface area contributed by atoms with Gasteiger partial charge in [0.2, 0.25) is 5.88 Å². The van der Waals surface area contributed by atoms with Crippen molar-refractivity contribution in [3.05, 3.63) is 24.5 Å². The number of ether oxygens (including phenoxy) is 3. The van der Waals surface area contributed by atoms with Crippen LogP contribution in [0.1, 0.15) is 32.1 Å². The molecule has 3 N–H and O–H groups in total. The first kappa shape index (κ1) is 17.1. The number of rotatable bonds is 6. The van der Waals surface area contributed by atoms with E-state index in [4.69, 9.17) is 19.9 Å². The summed E-state index contributed by atoms with van der Waals surface area (Å²) in [4.78, 5) is 8.43. The SMILES string of the molecule is COc1ccc(OC)c(Nc2ncnc(OC3CCCCC3)c2N)c1. The Hall–Kier alpha value is -2.70. The maximum atomic E-state index is 6.23. The fourth-order valence-electron chi connectivity index (χ4n) is 2.95. The van der Waals surface area contributed by atoms with Crippen LogP contribution in [-0.2, 0) is 0 Å². The van der Waals surface area contributed by atoms with Crippen LogP contribution in [0.2, 0.25) is 0 Å². The monoisotopic (exact) mass is 344 g/mol. The molecule has 1 saturated carbocycles. The summed E-state index contributed by atoms with van der Waals surface area (Å²) in [5, 5.41) is 3.18. The van der Waals surface area contributed by atoms with Gasteiger partial charge >= 0.3 is 0 Å². The van der Waals surface area contributed by atoms with Crippen LogP contribution in [0, 0.1) is 0 Å². The average Bonchev–Trinajstić information content (AvgIpc) is 2.65. The molecular formula is C18H24N4O3. The standard InChI is InChI=1S/C18H24N4O3/c1-23-13-8-9-15(24-2)14(10-13)22-17-16(19)18(21-11-20-17)25-12-6-4-3-5-7-12/h8-12H,3-7,19H2,1-2H3,(H,20,21,22). The molecule has 3 rings (SSSR count). The van der Waals surface area contributed by atoms with Crippen LogP contribution in [0.3, 0.4) is 0 Å². The van der Waals surface area contributed by atoms with Gasteiger partial charge in [-0.25, -0.2) is 4.98 Å². The molecule has 1 heterocycles. The number of benzene rings is 1. The summed E-state index contributed by atoms with van der Waals surface area (Å²) in [6.07, 6.45) is 7.32. The molecule has 0 saturated heterocycles. The van der Waals surface area contributed by atoms with E-state index in [9.17, 15) is 0 Å². The second kappa shape index (κ2) is 7.92. The highest BCUT2D eigenvalue weighted by Crippen LogP contribution is 2.35. The number of nitrogens with two attached hydrogens (primary N) is 1. The molecule has 1 aliphatic carbocycles. The Morgan fingerprint density at radius 1 is 1.08 bits per heavy atom. The van der Waals surface area contributed by atoms with Crippen molar-refractivity contribution < 1.29 is 14.2 Å². The third-order valence-electron chi connectivity index (χ3n) is 4.34. The van der Waals surface area contributed by atoms with Crippen molar-refractivity contribution >= 4 is 17.2 Å². The van der Waals surface area contributed by atoms with Crippen LogP contribution in [0.5, 0.6) is 17.4 Å². The number of nitrogen functional groups attached to an aromatic ring is 1. The fraction of sp³-hybridized carbons (Fsp3) is 0.444. The van der Waals surface area contributed by atoms with Gasteiger partial charge in [-0.15, -0.1) is 0 Å². The Labute approximate surface area is 147 Å². The lowest BCUT2D eigenvalue weighted by molar-refractivity contribution is 0.149. The molecule has 1 fully saturated rings. The molecule has 2 aromatic rings. The smallest absolute Gasteiger partial charge is 0.242 e. The van der Waals surface area contributed by atoms with Crippen LogP contribution in [-0.4, -0.2) is 30.3 Å². The molecule has 0 spiro atoms. The zero-order chi connectivity index (χ0) is 17.6. The minimum atomic E-state index is 0.171. The van der Waals surface area contributed by atoms with E-state index < -0.39 is 0 Å². The summed E-state index contributed by atoms with van der Waals surface area (Å²) in [5.41, 5.74) is 7.32. The lowest BCUT2D eigenvalue weighted by atomic mass is 9.98. The van der Waals surface area contributed by atoms with E-state index in [-0.39, 0.29) is 6.10 Å². The van der Waals surface area contributed by atoms with E-state index in [1.54, 1.807) is 14.2 Å². The summed E-state index contributed by atoms with van der Waals surface area (Å²) in [5.74, 6) is 2.27. The van der Waals surface area contributed by atoms with Gasteiger partial charge in [-0.1, -0.05) is 6.42 Å². The number of methoxy groups -OCH3 is 2. The van der Waals surface area contributed by atoms with Crippen LogP contribution in [0.4, 0.5) is 17.2 Å². The summed E-state index contributed by atoms with van der Waals surface area (Å²) >= 11 is 0. The van der Waals surface area contributed by atoms with Gasteiger partial charge in [0, 0.05) is 6.07 Å². The number of nitrogens with zero attached hydrogens (tertiary/aromatic N) is 2. The normalized spacial score (nSPS) is 14.8. The van der Waals surface area contributed by atoms with Crippen molar-refractivity contribution in [1.82, 2.24) is 9.97 Å². The Kier molecular flexibility index (Phi) is 5.42. The van der Waals surface area contributed by atoms with Gasteiger partial charge in [0.1, 0.15) is 29.6 Å². The maximum Gasteiger partial charge on any atom is 0.242 e. The molecule has 1 aromatic heterocycles. The lowest BCUT2D eigenvalue weighted by Crippen LogP contribution is -2.21. The quantitative estimate of drug-likeness (QED) is 0.828. The minimum absolute atomic E-state index is 0.171. The first-order valence-corrected chi connectivity index (χ1v) is 8.47. The molecule has 0 atom stereocenters. The van der Waals surface area contributed by atoms with Crippen molar-refractivity contribution in [3.8, 4) is 17.4 Å². The zero-order valence-electron chi connectivity index (χ0n) is 14.6. The molecular weight excluding hydrogens is 320 g/mol. The molecule has 7 nitrogen and oxygen atoms in total. The molecule has 0 amide bonds. The van der Waals surface area contributed by atoms with E-state index in [1.807, 2.05) is 18.2 Å². The number of hydrogen-bond acceptors (Lipinski definition) is 7. The maximum absolute atomic E-state index is 6.23. The highest BCUT2D eigenvalue weighted by atomic mass is 16.5. The van der Waals surface area contributed by atoms with E-state index in [1.165, 1.54) is 25.6 Å². The van der Waals surface area contributed by atoms with Crippen molar-refractivity contribution in [3.63, 3.8) is 0 Å². The largest absolute Gasteiger partial charge is 0.497 e. The molecule has 1 aromatic carbocycles. The van der Waals surface area contributed by atoms with E-state index in [0.717, 1.165) is 12.8 Å². The van der Waals surface area contributed by atoms with Gasteiger partial charge < -0.3 is 25.3 Å². The van der Waals surface area contributed by atoms with E-state index in [0.29, 0.717) is 34.6 Å². The van der Waals surface area contributed by atoms with Crippen molar-refractivity contribution in [2.75, 3.05) is 25.3 Å². The topological polar surface area (TPSA) is 91.5 Å². The summed E-state index contributed by atoms with van der Waals surface area (Å²) in [6, 6.07) is 5.46. The van der Waals surface area contributed by atoms with Crippen LogP contribution in [0.15, 0.2) is 24.5 Å². The van der Waals surface area contributed by atoms with E-state index in [2.05, 4.69) is 15.3 Å². The van der Waals surface area contributed by atoms with Crippen molar-refractivity contribution in [2.24, 2.45) is 0 Å². The average molecular weight is 344 g/mol. The fourth-order valence-corrected chi connectivity index (χ4v) is 2.95. The summed E-state index contributed by atoms with van der Waals surface area (Å²) in [7, 11) is 3.22. The highest BCUT2D eigenvalue weighted by molar-refractivity contribution is 5.75. The summed E-state index contributed by atoms with van der Waals surface area (Å²) in [6.45, 7) is 0. The molecule has 1 aliphatic rings. The number of anilines is 3. The number of aromatic nitrogens is 2. The Bertz CT molecular complexity index is 717. The second-order valence-electron chi connectivity index (χ2n) is 6.01. The molecule has 134 valence electrons. The van der Waals surface area contributed by atoms with Gasteiger partial charge in [0.15, 0.2) is 5.82 Å². The van der Waals surface area contributed by atoms with Gasteiger partial charge in [0.25, 0.3) is 0 Å². The highest BCUT2D eigenvalue weighted by Gasteiger charge is 2.19. The van der Waals surface area contributed by atoms with Crippen molar-refractivity contribution in [1.29, 1.82) is 0 Å². The van der Waals surface area contributed by atoms with Crippen molar-refractivity contribution in [2.45, 2.75) is 38.2 Å². The van der Waals surface area contributed by atoms with Gasteiger partial charge in [-0.2, -0.15) is 4.98 Å². The third kappa shape index (κ3) is 4.04. The molecule has 0 unspecified atom stereocenters. The zero-order valence-corrected chi connectivity index (χ0v) is 14.6. The molecule has 25 heavy (non-hydrogen) atoms. The van der Waals surface area contributed by atoms with Gasteiger partial charge in [-0.3, -0.25) is 0 Å². The molecule has 7 heteroatoms. The Morgan fingerprint density at radius 3 is 2.60 bits per heavy atom. The number of nitrogens with one attached hydrogen (secondary N) is 1. The van der Waals surface area contributed by atoms with Gasteiger partial charge in [-0.05, 0) is 37.8 Å². The predicted molar refractivity (Wildman–Crippen MR) is 96.8 cm³/mol. The molecule has 0 aliphatic heterocycles. The van der Waals surface area contributed by atoms with Crippen LogP contribution >= 0.6 is 0 Å². The Morgan fingerprint density at radius 2 is 1.88 bits per heavy atom. The summed E-state index contributed by atoms with van der Waals surface area (Å²) < 4.78 is 16.6. The first-order chi connectivity index (χ1) is 12.2. The van der Waals surface area contributed by atoms with Gasteiger partial charge in [0.05, 0.1) is 19.9 Å². The lowest BCUT2D eigenvalue weighted by Gasteiger charge is -2.23. The minimum Gasteiger partial charge on any atom is -0.497 e. The second-order valence-corrected chi connectivity index (χ2v) is 6.01. The van der Waals surface area contributed by atoms with Crippen LogP contribution in [0.25, 0.3) is 0 Å². The molecule has 0 radical (unpaired) electrons. The van der Waals surface area contributed by atoms with Crippen LogP contribution < -0.4 is 25.3 Å². The predicted octanol–water partition coefficient (Wildman–Crippen LogP) is 3.53. The molecule has 0 bridgehead atoms.